The number of ketones is 1. The molecule has 1 aliphatic rings. The van der Waals surface area contributed by atoms with Crippen LogP contribution in [0.5, 0.6) is 11.5 Å². The normalized spacial score (nSPS) is 18.0. The monoisotopic (exact) mass is 462 g/mol. The van der Waals surface area contributed by atoms with Crippen LogP contribution >= 0.6 is 11.6 Å². The highest BCUT2D eigenvalue weighted by Crippen LogP contribution is 2.43. The number of rotatable bonds is 8. The summed E-state index contributed by atoms with van der Waals surface area (Å²) in [4.78, 5) is 29.4. The summed E-state index contributed by atoms with van der Waals surface area (Å²) in [5.41, 5.74) is 0.103. The molecule has 1 amide bonds. The molecule has 1 aromatic heterocycles. The largest absolute Gasteiger partial charge is 0.507 e. The van der Waals surface area contributed by atoms with Crippen molar-refractivity contribution in [3.63, 3.8) is 0 Å². The van der Waals surface area contributed by atoms with Gasteiger partial charge in [0.05, 0.1) is 30.4 Å². The Morgan fingerprint density at radius 1 is 1.19 bits per heavy atom. The molecule has 0 saturated carbocycles. The first-order valence-corrected chi connectivity index (χ1v) is 10.5. The quantitative estimate of drug-likeness (QED) is 0.363. The molecule has 1 unspecified atom stereocenters. The van der Waals surface area contributed by atoms with E-state index in [1.54, 1.807) is 19.1 Å². The highest BCUT2D eigenvalue weighted by Gasteiger charge is 2.47. The average Bonchev–Trinajstić information content (AvgIpc) is 3.29. The van der Waals surface area contributed by atoms with E-state index in [9.17, 15) is 14.7 Å². The zero-order chi connectivity index (χ0) is 23.6. The van der Waals surface area contributed by atoms with Gasteiger partial charge in [0.15, 0.2) is 0 Å². The standard InChI is InChI=1S/C23H27ClN2O6/c1-13-7-8-16(32-13)20-19(22(28)23(29)26(20)10-6-9-25(2)3)21(27)14-11-15(24)18(31-5)12-17(14)30-4/h7-8,11-12,20,27H,6,9-10H2,1-5H3/b21-19+. The van der Waals surface area contributed by atoms with Gasteiger partial charge in [-0.05, 0) is 52.2 Å². The van der Waals surface area contributed by atoms with Gasteiger partial charge >= 0.3 is 0 Å². The molecule has 32 heavy (non-hydrogen) atoms. The van der Waals surface area contributed by atoms with Crippen molar-refractivity contribution in [3.8, 4) is 11.5 Å². The summed E-state index contributed by atoms with van der Waals surface area (Å²) >= 11 is 6.26. The molecule has 3 rings (SSSR count). The molecule has 8 nitrogen and oxygen atoms in total. The number of methoxy groups -OCH3 is 2. The number of hydrogen-bond acceptors (Lipinski definition) is 7. The lowest BCUT2D eigenvalue weighted by molar-refractivity contribution is -0.140. The second kappa shape index (κ2) is 9.67. The van der Waals surface area contributed by atoms with E-state index >= 15 is 0 Å². The van der Waals surface area contributed by atoms with Crippen molar-refractivity contribution in [3.05, 3.63) is 51.9 Å². The molecule has 1 aliphatic heterocycles. The fourth-order valence-corrected chi connectivity index (χ4v) is 4.00. The number of nitrogens with zero attached hydrogens (tertiary/aromatic N) is 2. The van der Waals surface area contributed by atoms with Gasteiger partial charge < -0.3 is 28.8 Å². The van der Waals surface area contributed by atoms with E-state index in [-0.39, 0.29) is 27.7 Å². The Morgan fingerprint density at radius 3 is 2.44 bits per heavy atom. The van der Waals surface area contributed by atoms with E-state index in [4.69, 9.17) is 25.5 Å². The number of hydrogen-bond donors (Lipinski definition) is 1. The Morgan fingerprint density at radius 2 is 1.88 bits per heavy atom. The van der Waals surface area contributed by atoms with Gasteiger partial charge in [0.2, 0.25) is 0 Å². The van der Waals surface area contributed by atoms with Gasteiger partial charge in [0.25, 0.3) is 11.7 Å². The van der Waals surface area contributed by atoms with Crippen LogP contribution in [-0.4, -0.2) is 68.0 Å². The van der Waals surface area contributed by atoms with Crippen molar-refractivity contribution in [2.24, 2.45) is 0 Å². The number of amides is 1. The first-order chi connectivity index (χ1) is 15.2. The van der Waals surface area contributed by atoms with E-state index in [0.717, 1.165) is 6.54 Å². The predicted molar refractivity (Wildman–Crippen MR) is 120 cm³/mol. The molecule has 172 valence electrons. The fraction of sp³-hybridized carbons (Fsp3) is 0.391. The Kier molecular flexibility index (Phi) is 7.16. The fourth-order valence-electron chi connectivity index (χ4n) is 3.75. The number of ether oxygens (including phenoxy) is 2. The van der Waals surface area contributed by atoms with Crippen molar-refractivity contribution < 1.29 is 28.6 Å². The van der Waals surface area contributed by atoms with Gasteiger partial charge in [-0.1, -0.05) is 11.6 Å². The Labute approximate surface area is 191 Å². The maximum Gasteiger partial charge on any atom is 0.295 e. The lowest BCUT2D eigenvalue weighted by atomic mass is 9.98. The van der Waals surface area contributed by atoms with Crippen LogP contribution in [0.1, 0.15) is 29.5 Å². The topological polar surface area (TPSA) is 92.4 Å². The molecule has 2 aromatic rings. The highest BCUT2D eigenvalue weighted by molar-refractivity contribution is 6.46. The van der Waals surface area contributed by atoms with Gasteiger partial charge in [-0.2, -0.15) is 0 Å². The number of carbonyl (C=O) groups is 2. The molecule has 2 heterocycles. The lowest BCUT2D eigenvalue weighted by Crippen LogP contribution is -2.32. The van der Waals surface area contributed by atoms with Crippen molar-refractivity contribution in [2.75, 3.05) is 41.4 Å². The SMILES string of the molecule is COc1cc(OC)c(/C(O)=C2\C(=O)C(=O)N(CCCN(C)C)C2c2ccc(C)o2)cc1Cl. The number of benzene rings is 1. The third-order valence-corrected chi connectivity index (χ3v) is 5.60. The van der Waals surface area contributed by atoms with Crippen LogP contribution in [0.4, 0.5) is 0 Å². The minimum atomic E-state index is -0.864. The summed E-state index contributed by atoms with van der Waals surface area (Å²) in [6.45, 7) is 2.83. The molecule has 0 aliphatic carbocycles. The maximum atomic E-state index is 13.1. The number of carbonyl (C=O) groups excluding carboxylic acids is 2. The number of halogens is 1. The lowest BCUT2D eigenvalue weighted by Gasteiger charge is -2.24. The molecule has 0 radical (unpaired) electrons. The number of aliphatic hydroxyl groups is 1. The maximum absolute atomic E-state index is 13.1. The van der Waals surface area contributed by atoms with E-state index in [2.05, 4.69) is 0 Å². The van der Waals surface area contributed by atoms with Crippen LogP contribution in [0, 0.1) is 6.92 Å². The zero-order valence-corrected chi connectivity index (χ0v) is 19.5. The average molecular weight is 463 g/mol. The molecule has 0 bridgehead atoms. The Bertz CT molecular complexity index is 1060. The summed E-state index contributed by atoms with van der Waals surface area (Å²) in [5, 5.41) is 11.5. The second-order valence-electron chi connectivity index (χ2n) is 7.78. The van der Waals surface area contributed by atoms with Crippen molar-refractivity contribution in [1.82, 2.24) is 9.80 Å². The number of furan rings is 1. The number of likely N-dealkylation sites (tertiary alicyclic amines) is 1. The van der Waals surface area contributed by atoms with Gasteiger partial charge in [0.1, 0.15) is 34.8 Å². The van der Waals surface area contributed by atoms with Crippen molar-refractivity contribution in [2.45, 2.75) is 19.4 Å². The van der Waals surface area contributed by atoms with Gasteiger partial charge in [-0.15, -0.1) is 0 Å². The highest BCUT2D eigenvalue weighted by atomic mass is 35.5. The number of aryl methyl sites for hydroxylation is 1. The van der Waals surface area contributed by atoms with Gasteiger partial charge in [0, 0.05) is 12.6 Å². The predicted octanol–water partition coefficient (Wildman–Crippen LogP) is 3.63. The Balaban J connectivity index is 2.15. The molecule has 0 spiro atoms. The summed E-state index contributed by atoms with van der Waals surface area (Å²) in [6.07, 6.45) is 0.647. The summed E-state index contributed by atoms with van der Waals surface area (Å²) < 4.78 is 16.4. The van der Waals surface area contributed by atoms with Gasteiger partial charge in [-0.25, -0.2) is 0 Å². The van der Waals surface area contributed by atoms with E-state index in [1.807, 2.05) is 19.0 Å². The minimum Gasteiger partial charge on any atom is -0.507 e. The molecule has 1 atom stereocenters. The van der Waals surface area contributed by atoms with Crippen molar-refractivity contribution in [1.29, 1.82) is 0 Å². The molecule has 1 aromatic carbocycles. The molecular weight excluding hydrogens is 436 g/mol. The van der Waals surface area contributed by atoms with Crippen LogP contribution in [0.2, 0.25) is 5.02 Å². The van der Waals surface area contributed by atoms with Crippen LogP contribution in [0.3, 0.4) is 0 Å². The first kappa shape index (κ1) is 23.7. The summed E-state index contributed by atoms with van der Waals surface area (Å²) in [7, 11) is 6.74. The summed E-state index contributed by atoms with van der Waals surface area (Å²) in [6, 6.07) is 5.54. The molecular formula is C23H27ClN2O6. The van der Waals surface area contributed by atoms with Crippen molar-refractivity contribution >= 4 is 29.1 Å². The van der Waals surface area contributed by atoms with E-state index in [0.29, 0.717) is 30.2 Å². The van der Waals surface area contributed by atoms with E-state index < -0.39 is 17.7 Å². The molecule has 1 fully saturated rings. The van der Waals surface area contributed by atoms with Crippen LogP contribution in [0.25, 0.3) is 5.76 Å². The third-order valence-electron chi connectivity index (χ3n) is 5.30. The first-order valence-electron chi connectivity index (χ1n) is 10.1. The second-order valence-corrected chi connectivity index (χ2v) is 8.19. The molecule has 1 saturated heterocycles. The Hall–Kier alpha value is -2.97. The smallest absolute Gasteiger partial charge is 0.295 e. The van der Waals surface area contributed by atoms with Gasteiger partial charge in [-0.3, -0.25) is 9.59 Å². The van der Waals surface area contributed by atoms with Crippen LogP contribution in [0.15, 0.2) is 34.3 Å². The number of aliphatic hydroxyl groups excluding tert-OH is 1. The molecule has 1 N–H and O–H groups in total. The minimum absolute atomic E-state index is 0.0752. The van der Waals surface area contributed by atoms with Crippen LogP contribution < -0.4 is 9.47 Å². The molecule has 9 heteroatoms. The third kappa shape index (κ3) is 4.47. The summed E-state index contributed by atoms with van der Waals surface area (Å²) in [5.74, 6) is -0.253. The number of Topliss-reactive ketones (excluding diaryl/α,β-unsaturated/α-hetero) is 1. The van der Waals surface area contributed by atoms with E-state index in [1.165, 1.54) is 31.3 Å². The zero-order valence-electron chi connectivity index (χ0n) is 18.8. The van der Waals surface area contributed by atoms with Crippen LogP contribution in [-0.2, 0) is 9.59 Å².